The molecule has 3 aromatic rings. The minimum atomic E-state index is 0.901. The van der Waals surface area contributed by atoms with Gasteiger partial charge in [-0.15, -0.1) is 0 Å². The van der Waals surface area contributed by atoms with Crippen molar-refractivity contribution < 1.29 is 0 Å². The van der Waals surface area contributed by atoms with Gasteiger partial charge in [0, 0.05) is 26.2 Å². The van der Waals surface area contributed by atoms with Gasteiger partial charge in [-0.1, -0.05) is 60.7 Å². The average Bonchev–Trinajstić information content (AvgIpc) is 2.65. The van der Waals surface area contributed by atoms with Crippen molar-refractivity contribution >= 4 is 11.4 Å². The summed E-state index contributed by atoms with van der Waals surface area (Å²) in [6, 6.07) is 21.2. The molecule has 0 N–H and O–H groups in total. The number of rotatable bonds is 4. The van der Waals surface area contributed by atoms with Crippen molar-refractivity contribution in [2.24, 2.45) is 0 Å². The molecule has 0 saturated heterocycles. The molecule has 2 heterocycles. The van der Waals surface area contributed by atoms with Crippen LogP contribution in [-0.2, 0) is 13.1 Å². The van der Waals surface area contributed by atoms with Crippen LogP contribution in [0.5, 0.6) is 0 Å². The van der Waals surface area contributed by atoms with Crippen molar-refractivity contribution in [1.29, 1.82) is 0 Å². The van der Waals surface area contributed by atoms with Gasteiger partial charge in [-0.05, 0) is 11.1 Å². The zero-order valence-corrected chi connectivity index (χ0v) is 13.5. The van der Waals surface area contributed by atoms with Crippen LogP contribution in [0.25, 0.3) is 0 Å². The number of fused-ring (bicyclic) bond motifs is 1. The monoisotopic (exact) mass is 316 g/mol. The van der Waals surface area contributed by atoms with E-state index < -0.39 is 0 Å². The van der Waals surface area contributed by atoms with E-state index in [9.17, 15) is 0 Å². The smallest absolute Gasteiger partial charge is 0.0829 e. The topological polar surface area (TPSA) is 32.3 Å². The lowest BCUT2D eigenvalue weighted by molar-refractivity contribution is 0.687. The van der Waals surface area contributed by atoms with Crippen molar-refractivity contribution in [2.45, 2.75) is 13.1 Å². The van der Waals surface area contributed by atoms with Crippen LogP contribution in [0, 0.1) is 0 Å². The molecule has 1 aliphatic rings. The van der Waals surface area contributed by atoms with E-state index in [0.29, 0.717) is 0 Å². The van der Waals surface area contributed by atoms with Crippen LogP contribution in [0.1, 0.15) is 11.1 Å². The molecular formula is C20H20N4. The fourth-order valence-electron chi connectivity index (χ4n) is 3.21. The molecule has 0 unspecified atom stereocenters. The first-order chi connectivity index (χ1) is 11.9. The van der Waals surface area contributed by atoms with Gasteiger partial charge in [-0.2, -0.15) is 10.2 Å². The van der Waals surface area contributed by atoms with Crippen molar-refractivity contribution in [3.8, 4) is 0 Å². The molecule has 0 spiro atoms. The molecule has 0 saturated carbocycles. The van der Waals surface area contributed by atoms with Crippen molar-refractivity contribution in [3.05, 3.63) is 84.2 Å². The van der Waals surface area contributed by atoms with Crippen LogP contribution >= 0.6 is 0 Å². The molecule has 120 valence electrons. The first kappa shape index (κ1) is 14.7. The number of aromatic nitrogens is 2. The van der Waals surface area contributed by atoms with E-state index in [4.69, 9.17) is 0 Å². The van der Waals surface area contributed by atoms with E-state index in [2.05, 4.69) is 80.7 Å². The summed E-state index contributed by atoms with van der Waals surface area (Å²) < 4.78 is 0. The Morgan fingerprint density at radius 2 is 1.04 bits per heavy atom. The summed E-state index contributed by atoms with van der Waals surface area (Å²) in [5.74, 6) is 0. The Morgan fingerprint density at radius 1 is 0.625 bits per heavy atom. The van der Waals surface area contributed by atoms with E-state index in [0.717, 1.165) is 37.6 Å². The van der Waals surface area contributed by atoms with Crippen LogP contribution in [-0.4, -0.2) is 23.3 Å². The third-order valence-electron chi connectivity index (χ3n) is 4.44. The van der Waals surface area contributed by atoms with E-state index >= 15 is 0 Å². The lowest BCUT2D eigenvalue weighted by Gasteiger charge is -2.38. The van der Waals surface area contributed by atoms with Crippen LogP contribution in [0.4, 0.5) is 11.4 Å². The predicted octanol–water partition coefficient (Wildman–Crippen LogP) is 3.50. The zero-order chi connectivity index (χ0) is 16.2. The SMILES string of the molecule is c1ccc(CN2CCN(Cc3ccccc3)c3cnncc32)cc1. The third kappa shape index (κ3) is 3.08. The van der Waals surface area contributed by atoms with E-state index in [1.165, 1.54) is 11.1 Å². The van der Waals surface area contributed by atoms with Crippen molar-refractivity contribution in [1.82, 2.24) is 10.2 Å². The van der Waals surface area contributed by atoms with Gasteiger partial charge < -0.3 is 9.80 Å². The summed E-state index contributed by atoms with van der Waals surface area (Å²) in [6.45, 7) is 3.78. The highest BCUT2D eigenvalue weighted by Crippen LogP contribution is 2.33. The van der Waals surface area contributed by atoms with Gasteiger partial charge in [-0.25, -0.2) is 0 Å². The maximum atomic E-state index is 4.11. The minimum absolute atomic E-state index is 0.901. The lowest BCUT2D eigenvalue weighted by Crippen LogP contribution is -2.40. The second kappa shape index (κ2) is 6.71. The molecule has 0 atom stereocenters. The van der Waals surface area contributed by atoms with Crippen molar-refractivity contribution in [2.75, 3.05) is 22.9 Å². The van der Waals surface area contributed by atoms with Gasteiger partial charge in [0.15, 0.2) is 0 Å². The molecule has 0 aliphatic carbocycles. The Balaban J connectivity index is 1.58. The summed E-state index contributed by atoms with van der Waals surface area (Å²) in [6.07, 6.45) is 3.77. The molecule has 0 bridgehead atoms. The van der Waals surface area contributed by atoms with Gasteiger partial charge in [-0.3, -0.25) is 0 Å². The number of nitrogens with zero attached hydrogens (tertiary/aromatic N) is 4. The zero-order valence-electron chi connectivity index (χ0n) is 13.5. The molecule has 0 fully saturated rings. The average molecular weight is 316 g/mol. The first-order valence-corrected chi connectivity index (χ1v) is 8.28. The molecule has 4 nitrogen and oxygen atoms in total. The van der Waals surface area contributed by atoms with Gasteiger partial charge in [0.1, 0.15) is 0 Å². The van der Waals surface area contributed by atoms with Crippen LogP contribution in [0.15, 0.2) is 73.1 Å². The Bertz CT molecular complexity index is 721. The molecule has 4 rings (SSSR count). The highest BCUT2D eigenvalue weighted by molar-refractivity contribution is 5.71. The Kier molecular flexibility index (Phi) is 4.11. The molecule has 4 heteroatoms. The van der Waals surface area contributed by atoms with Crippen LogP contribution in [0.3, 0.4) is 0 Å². The second-order valence-corrected chi connectivity index (χ2v) is 6.07. The normalized spacial score (nSPS) is 13.7. The highest BCUT2D eigenvalue weighted by atomic mass is 15.3. The van der Waals surface area contributed by atoms with E-state index in [1.807, 2.05) is 12.4 Å². The quantitative estimate of drug-likeness (QED) is 0.737. The maximum Gasteiger partial charge on any atom is 0.0829 e. The third-order valence-corrected chi connectivity index (χ3v) is 4.44. The van der Waals surface area contributed by atoms with Gasteiger partial charge in [0.05, 0.1) is 23.8 Å². The largest absolute Gasteiger partial charge is 0.362 e. The van der Waals surface area contributed by atoms with Gasteiger partial charge in [0.2, 0.25) is 0 Å². The summed E-state index contributed by atoms with van der Waals surface area (Å²) in [4.78, 5) is 4.78. The number of benzene rings is 2. The molecule has 1 aliphatic heterocycles. The lowest BCUT2D eigenvalue weighted by atomic mass is 10.1. The minimum Gasteiger partial charge on any atom is -0.362 e. The fourth-order valence-corrected chi connectivity index (χ4v) is 3.21. The fraction of sp³-hybridized carbons (Fsp3) is 0.200. The summed E-state index contributed by atoms with van der Waals surface area (Å²) >= 11 is 0. The summed E-state index contributed by atoms with van der Waals surface area (Å²) in [5.41, 5.74) is 4.96. The number of anilines is 2. The Hall–Kier alpha value is -2.88. The van der Waals surface area contributed by atoms with Crippen molar-refractivity contribution in [3.63, 3.8) is 0 Å². The number of hydrogen-bond acceptors (Lipinski definition) is 4. The molecular weight excluding hydrogens is 296 g/mol. The Labute approximate surface area is 142 Å². The summed E-state index contributed by atoms with van der Waals surface area (Å²) in [7, 11) is 0. The maximum absolute atomic E-state index is 4.11. The molecule has 2 aromatic carbocycles. The first-order valence-electron chi connectivity index (χ1n) is 8.28. The summed E-state index contributed by atoms with van der Waals surface area (Å²) in [5, 5.41) is 8.23. The predicted molar refractivity (Wildman–Crippen MR) is 97.0 cm³/mol. The van der Waals surface area contributed by atoms with E-state index in [1.54, 1.807) is 0 Å². The van der Waals surface area contributed by atoms with Crippen LogP contribution < -0.4 is 9.80 Å². The van der Waals surface area contributed by atoms with Gasteiger partial charge in [0.25, 0.3) is 0 Å². The second-order valence-electron chi connectivity index (χ2n) is 6.07. The molecule has 0 amide bonds. The highest BCUT2D eigenvalue weighted by Gasteiger charge is 2.23. The molecule has 24 heavy (non-hydrogen) atoms. The standard InChI is InChI=1S/C20H20N4/c1-3-7-17(8-4-1)15-23-11-12-24(16-18-9-5-2-6-10-18)20-14-22-21-13-19(20)23/h1-10,13-14H,11-12,15-16H2. The number of hydrogen-bond donors (Lipinski definition) is 0. The van der Waals surface area contributed by atoms with Crippen LogP contribution in [0.2, 0.25) is 0 Å². The van der Waals surface area contributed by atoms with Gasteiger partial charge >= 0.3 is 0 Å². The van der Waals surface area contributed by atoms with E-state index in [-0.39, 0.29) is 0 Å². The Morgan fingerprint density at radius 3 is 1.46 bits per heavy atom. The molecule has 1 aromatic heterocycles. The molecule has 0 radical (unpaired) electrons.